The number of benzene rings is 1. The molecule has 2 nitrogen and oxygen atoms in total. The van der Waals surface area contributed by atoms with Gasteiger partial charge in [-0.15, -0.1) is 11.3 Å². The molecule has 0 fully saturated rings. The summed E-state index contributed by atoms with van der Waals surface area (Å²) in [4.78, 5) is 5.26. The van der Waals surface area contributed by atoms with Crippen molar-refractivity contribution < 1.29 is 0 Å². The molecule has 0 saturated carbocycles. The number of nitrogens with one attached hydrogen (secondary N) is 1. The molecule has 0 aliphatic rings. The van der Waals surface area contributed by atoms with Gasteiger partial charge < -0.3 is 5.32 Å². The van der Waals surface area contributed by atoms with Crippen molar-refractivity contribution in [1.82, 2.24) is 10.3 Å². The third kappa shape index (κ3) is 3.02. The summed E-state index contributed by atoms with van der Waals surface area (Å²) in [6, 6.07) is 7.87. The molecule has 1 aromatic carbocycles. The van der Waals surface area contributed by atoms with Crippen LogP contribution >= 0.6 is 22.9 Å². The lowest BCUT2D eigenvalue weighted by Crippen LogP contribution is -2.11. The summed E-state index contributed by atoms with van der Waals surface area (Å²) in [7, 11) is 0. The number of rotatable bonds is 4. The summed E-state index contributed by atoms with van der Waals surface area (Å²) in [6.07, 6.45) is 1.88. The predicted molar refractivity (Wildman–Crippen MR) is 64.1 cm³/mol. The fraction of sp³-hybridized carbons (Fsp3) is 0.182. The second-order valence-corrected chi connectivity index (χ2v) is 4.54. The Morgan fingerprint density at radius 3 is 2.87 bits per heavy atom. The Labute approximate surface area is 97.9 Å². The van der Waals surface area contributed by atoms with Crippen molar-refractivity contribution in [2.75, 3.05) is 0 Å². The van der Waals surface area contributed by atoms with Gasteiger partial charge in [-0.2, -0.15) is 0 Å². The molecule has 0 atom stereocenters. The zero-order valence-electron chi connectivity index (χ0n) is 8.11. The molecule has 78 valence electrons. The highest BCUT2D eigenvalue weighted by molar-refractivity contribution is 7.09. The summed E-state index contributed by atoms with van der Waals surface area (Å²) < 4.78 is 0. The molecule has 0 aliphatic heterocycles. The third-order valence-electron chi connectivity index (χ3n) is 2.06. The van der Waals surface area contributed by atoms with Gasteiger partial charge >= 0.3 is 0 Å². The van der Waals surface area contributed by atoms with Crippen molar-refractivity contribution in [2.45, 2.75) is 13.1 Å². The van der Waals surface area contributed by atoms with E-state index in [4.69, 9.17) is 11.6 Å². The Kier molecular flexibility index (Phi) is 3.72. The van der Waals surface area contributed by atoms with E-state index >= 15 is 0 Å². The van der Waals surface area contributed by atoms with E-state index in [0.29, 0.717) is 0 Å². The minimum atomic E-state index is 0.789. The maximum absolute atomic E-state index is 6.04. The van der Waals surface area contributed by atoms with E-state index in [1.165, 1.54) is 4.88 Å². The van der Waals surface area contributed by atoms with Crippen molar-refractivity contribution in [1.29, 1.82) is 0 Å². The van der Waals surface area contributed by atoms with Crippen LogP contribution in [0.1, 0.15) is 10.4 Å². The van der Waals surface area contributed by atoms with Crippen LogP contribution < -0.4 is 5.32 Å². The van der Waals surface area contributed by atoms with Crippen LogP contribution in [0.2, 0.25) is 5.02 Å². The van der Waals surface area contributed by atoms with Gasteiger partial charge in [-0.25, -0.2) is 0 Å². The van der Waals surface area contributed by atoms with Gasteiger partial charge in [0.2, 0.25) is 0 Å². The zero-order valence-corrected chi connectivity index (χ0v) is 9.68. The lowest BCUT2D eigenvalue weighted by molar-refractivity contribution is 0.700. The summed E-state index contributed by atoms with van der Waals surface area (Å²) in [5, 5.41) is 4.15. The molecular formula is C11H11ClN2S. The first kappa shape index (κ1) is 10.6. The van der Waals surface area contributed by atoms with Gasteiger partial charge in [0.25, 0.3) is 0 Å². The van der Waals surface area contributed by atoms with Crippen LogP contribution in [0.3, 0.4) is 0 Å². The lowest BCUT2D eigenvalue weighted by atomic mass is 10.2. The molecule has 1 heterocycles. The fourth-order valence-corrected chi connectivity index (χ4v) is 2.06. The monoisotopic (exact) mass is 238 g/mol. The summed E-state index contributed by atoms with van der Waals surface area (Å²) in [5.41, 5.74) is 2.97. The Balaban J connectivity index is 1.86. The number of nitrogens with zero attached hydrogens (tertiary/aromatic N) is 1. The molecule has 0 unspecified atom stereocenters. The number of hydrogen-bond acceptors (Lipinski definition) is 3. The van der Waals surface area contributed by atoms with Crippen LogP contribution in [0.25, 0.3) is 0 Å². The van der Waals surface area contributed by atoms with Crippen molar-refractivity contribution in [2.24, 2.45) is 0 Å². The topological polar surface area (TPSA) is 24.9 Å². The standard InChI is InChI=1S/C11H11ClN2S/c12-11-4-2-1-3-9(11)5-13-6-10-7-14-8-15-10/h1-4,7-8,13H,5-6H2. The van der Waals surface area contributed by atoms with Gasteiger partial charge in [0.05, 0.1) is 5.51 Å². The molecule has 0 saturated heterocycles. The second kappa shape index (κ2) is 5.26. The van der Waals surface area contributed by atoms with Gasteiger partial charge in [-0.3, -0.25) is 4.98 Å². The van der Waals surface area contributed by atoms with E-state index < -0.39 is 0 Å². The van der Waals surface area contributed by atoms with Crippen molar-refractivity contribution in [3.05, 3.63) is 51.4 Å². The Morgan fingerprint density at radius 1 is 1.27 bits per heavy atom. The van der Waals surface area contributed by atoms with E-state index in [0.717, 1.165) is 23.7 Å². The van der Waals surface area contributed by atoms with E-state index in [2.05, 4.69) is 10.3 Å². The molecule has 0 aliphatic carbocycles. The van der Waals surface area contributed by atoms with Crippen LogP contribution in [0.15, 0.2) is 36.0 Å². The van der Waals surface area contributed by atoms with Gasteiger partial charge in [0.1, 0.15) is 0 Å². The van der Waals surface area contributed by atoms with E-state index in [1.54, 1.807) is 11.3 Å². The van der Waals surface area contributed by atoms with Crippen LogP contribution in [0, 0.1) is 0 Å². The Hall–Kier alpha value is -0.900. The van der Waals surface area contributed by atoms with E-state index in [9.17, 15) is 0 Å². The molecule has 0 spiro atoms. The zero-order chi connectivity index (χ0) is 10.5. The van der Waals surface area contributed by atoms with Gasteiger partial charge in [-0.1, -0.05) is 29.8 Å². The highest BCUT2D eigenvalue weighted by Crippen LogP contribution is 2.14. The number of thiazole rings is 1. The van der Waals surface area contributed by atoms with Crippen LogP contribution in [0.4, 0.5) is 0 Å². The lowest BCUT2D eigenvalue weighted by Gasteiger charge is -2.04. The third-order valence-corrected chi connectivity index (χ3v) is 3.20. The molecule has 0 amide bonds. The summed E-state index contributed by atoms with van der Waals surface area (Å²) in [6.45, 7) is 1.63. The van der Waals surface area contributed by atoms with Crippen molar-refractivity contribution in [3.63, 3.8) is 0 Å². The quantitative estimate of drug-likeness (QED) is 0.886. The van der Waals surface area contributed by atoms with E-state index in [1.807, 2.05) is 36.0 Å². The maximum atomic E-state index is 6.04. The molecular weight excluding hydrogens is 228 g/mol. The van der Waals surface area contributed by atoms with Gasteiger partial charge in [0, 0.05) is 29.2 Å². The van der Waals surface area contributed by atoms with Crippen LogP contribution in [0.5, 0.6) is 0 Å². The van der Waals surface area contributed by atoms with Crippen molar-refractivity contribution >= 4 is 22.9 Å². The van der Waals surface area contributed by atoms with Crippen molar-refractivity contribution in [3.8, 4) is 0 Å². The second-order valence-electron chi connectivity index (χ2n) is 3.16. The number of hydrogen-bond donors (Lipinski definition) is 1. The van der Waals surface area contributed by atoms with Gasteiger partial charge in [-0.05, 0) is 11.6 Å². The average molecular weight is 239 g/mol. The fourth-order valence-electron chi connectivity index (χ4n) is 1.29. The number of aromatic nitrogens is 1. The first-order chi connectivity index (χ1) is 7.36. The molecule has 1 N–H and O–H groups in total. The maximum Gasteiger partial charge on any atom is 0.0794 e. The highest BCUT2D eigenvalue weighted by atomic mass is 35.5. The minimum absolute atomic E-state index is 0.789. The molecule has 1 aromatic heterocycles. The molecule has 2 aromatic rings. The normalized spacial score (nSPS) is 10.5. The minimum Gasteiger partial charge on any atom is -0.308 e. The van der Waals surface area contributed by atoms with Crippen LogP contribution in [-0.2, 0) is 13.1 Å². The molecule has 2 rings (SSSR count). The van der Waals surface area contributed by atoms with Gasteiger partial charge in [0.15, 0.2) is 0 Å². The number of halogens is 1. The smallest absolute Gasteiger partial charge is 0.0794 e. The molecule has 4 heteroatoms. The molecule has 15 heavy (non-hydrogen) atoms. The Bertz CT molecular complexity index is 414. The predicted octanol–water partition coefficient (Wildman–Crippen LogP) is 3.09. The first-order valence-electron chi connectivity index (χ1n) is 4.68. The van der Waals surface area contributed by atoms with Crippen LogP contribution in [-0.4, -0.2) is 4.98 Å². The first-order valence-corrected chi connectivity index (χ1v) is 5.93. The highest BCUT2D eigenvalue weighted by Gasteiger charge is 1.98. The summed E-state index contributed by atoms with van der Waals surface area (Å²) in [5.74, 6) is 0. The summed E-state index contributed by atoms with van der Waals surface area (Å²) >= 11 is 7.69. The Morgan fingerprint density at radius 2 is 2.13 bits per heavy atom. The average Bonchev–Trinajstić information content (AvgIpc) is 2.74. The molecule has 0 radical (unpaired) electrons. The largest absolute Gasteiger partial charge is 0.308 e. The SMILES string of the molecule is Clc1ccccc1CNCc1cncs1. The molecule has 0 bridgehead atoms. The van der Waals surface area contributed by atoms with E-state index in [-0.39, 0.29) is 0 Å².